The number of methoxy groups -OCH3 is 1. The molecular weight excluding hydrogens is 416 g/mol. The third-order valence-corrected chi connectivity index (χ3v) is 5.00. The Hall–Kier alpha value is -4.05. The summed E-state index contributed by atoms with van der Waals surface area (Å²) in [6, 6.07) is 16.8. The van der Waals surface area contributed by atoms with Crippen molar-refractivity contribution in [1.82, 2.24) is 19.9 Å². The summed E-state index contributed by atoms with van der Waals surface area (Å²) in [6.07, 6.45) is 0. The zero-order valence-electron chi connectivity index (χ0n) is 16.5. The summed E-state index contributed by atoms with van der Waals surface area (Å²) in [5.74, 6) is 0.685. The standard InChI is InChI=1S/C21H18N6O3S/c1-29-15-9-7-13(8-10-15)18-24-16(12-31-18)19(28)30-11-17-25-20(22)27-21(26-17)23-14-5-3-2-4-6-14/h2-10,12H,11H2,1H3,(H3,22,23,25,26,27). The van der Waals surface area contributed by atoms with E-state index in [1.165, 1.54) is 11.3 Å². The van der Waals surface area contributed by atoms with Crippen LogP contribution in [0.2, 0.25) is 0 Å². The number of rotatable bonds is 7. The number of nitrogens with two attached hydrogens (primary N) is 1. The van der Waals surface area contributed by atoms with E-state index in [1.54, 1.807) is 12.5 Å². The van der Waals surface area contributed by atoms with Gasteiger partial charge in [-0.3, -0.25) is 0 Å². The number of carbonyl (C=O) groups excluding carboxylic acids is 1. The van der Waals surface area contributed by atoms with Gasteiger partial charge in [-0.1, -0.05) is 18.2 Å². The van der Waals surface area contributed by atoms with Crippen molar-refractivity contribution in [3.63, 3.8) is 0 Å². The molecule has 31 heavy (non-hydrogen) atoms. The van der Waals surface area contributed by atoms with Crippen LogP contribution < -0.4 is 15.8 Å². The number of hydrogen-bond acceptors (Lipinski definition) is 10. The van der Waals surface area contributed by atoms with Gasteiger partial charge in [0.1, 0.15) is 10.8 Å². The average Bonchev–Trinajstić information content (AvgIpc) is 3.28. The maximum absolute atomic E-state index is 12.4. The van der Waals surface area contributed by atoms with Crippen LogP contribution in [0.25, 0.3) is 10.6 Å². The van der Waals surface area contributed by atoms with E-state index in [4.69, 9.17) is 15.2 Å². The summed E-state index contributed by atoms with van der Waals surface area (Å²) in [6.45, 7) is -0.162. The molecule has 0 radical (unpaired) electrons. The summed E-state index contributed by atoms with van der Waals surface area (Å²) in [7, 11) is 1.60. The van der Waals surface area contributed by atoms with Gasteiger partial charge in [-0.2, -0.15) is 15.0 Å². The van der Waals surface area contributed by atoms with Crippen molar-refractivity contribution in [3.05, 3.63) is 71.5 Å². The number of nitrogens with zero attached hydrogens (tertiary/aromatic N) is 4. The van der Waals surface area contributed by atoms with Gasteiger partial charge < -0.3 is 20.5 Å². The van der Waals surface area contributed by atoms with Crippen LogP contribution in [0, 0.1) is 0 Å². The van der Waals surface area contributed by atoms with Crippen LogP contribution >= 0.6 is 11.3 Å². The van der Waals surface area contributed by atoms with E-state index in [2.05, 4.69) is 25.3 Å². The summed E-state index contributed by atoms with van der Waals surface area (Å²) in [5, 5.41) is 5.38. The smallest absolute Gasteiger partial charge is 0.358 e. The van der Waals surface area contributed by atoms with Crippen LogP contribution in [0.5, 0.6) is 5.75 Å². The maximum Gasteiger partial charge on any atom is 0.358 e. The van der Waals surface area contributed by atoms with E-state index in [9.17, 15) is 4.79 Å². The molecule has 0 atom stereocenters. The Bertz CT molecular complexity index is 1180. The molecule has 2 aromatic carbocycles. The van der Waals surface area contributed by atoms with Crippen LogP contribution in [0.1, 0.15) is 16.3 Å². The molecule has 0 unspecified atom stereocenters. The molecule has 0 fully saturated rings. The van der Waals surface area contributed by atoms with Gasteiger partial charge in [0.15, 0.2) is 18.1 Å². The molecule has 4 aromatic rings. The number of thiazole rings is 1. The minimum absolute atomic E-state index is 0.0231. The quantitative estimate of drug-likeness (QED) is 0.419. The molecule has 0 aliphatic carbocycles. The predicted octanol–water partition coefficient (Wildman–Crippen LogP) is 3.69. The Morgan fingerprint density at radius 1 is 1.03 bits per heavy atom. The summed E-state index contributed by atoms with van der Waals surface area (Å²) in [4.78, 5) is 29.1. The maximum atomic E-state index is 12.4. The third-order valence-electron chi connectivity index (χ3n) is 4.11. The van der Waals surface area contributed by atoms with Crippen LogP contribution in [0.4, 0.5) is 17.6 Å². The Morgan fingerprint density at radius 3 is 2.55 bits per heavy atom. The first-order chi connectivity index (χ1) is 15.1. The van der Waals surface area contributed by atoms with Crippen molar-refractivity contribution < 1.29 is 14.3 Å². The number of anilines is 3. The summed E-state index contributed by atoms with van der Waals surface area (Å²) < 4.78 is 10.5. The lowest BCUT2D eigenvalue weighted by Crippen LogP contribution is -2.11. The Labute approximate surface area is 181 Å². The van der Waals surface area contributed by atoms with E-state index >= 15 is 0 Å². The molecule has 2 heterocycles. The second-order valence-corrected chi connectivity index (χ2v) is 7.13. The zero-order valence-corrected chi connectivity index (χ0v) is 17.3. The van der Waals surface area contributed by atoms with Gasteiger partial charge in [0.2, 0.25) is 11.9 Å². The largest absolute Gasteiger partial charge is 0.497 e. The Kier molecular flexibility index (Phi) is 5.99. The van der Waals surface area contributed by atoms with Crippen molar-refractivity contribution in [2.45, 2.75) is 6.61 Å². The summed E-state index contributed by atoms with van der Waals surface area (Å²) in [5.41, 5.74) is 7.64. The number of esters is 1. The van der Waals surface area contributed by atoms with Gasteiger partial charge in [-0.15, -0.1) is 11.3 Å². The van der Waals surface area contributed by atoms with Gasteiger partial charge in [-0.25, -0.2) is 9.78 Å². The molecule has 10 heteroatoms. The van der Waals surface area contributed by atoms with Gasteiger partial charge in [-0.05, 0) is 36.4 Å². The normalized spacial score (nSPS) is 10.5. The number of benzene rings is 2. The fourth-order valence-corrected chi connectivity index (χ4v) is 3.44. The highest BCUT2D eigenvalue weighted by Crippen LogP contribution is 2.26. The van der Waals surface area contributed by atoms with E-state index in [0.717, 1.165) is 17.0 Å². The monoisotopic (exact) mass is 434 g/mol. The molecule has 9 nitrogen and oxygen atoms in total. The lowest BCUT2D eigenvalue weighted by atomic mass is 10.2. The highest BCUT2D eigenvalue weighted by molar-refractivity contribution is 7.13. The molecule has 0 saturated heterocycles. The highest BCUT2D eigenvalue weighted by Gasteiger charge is 2.15. The lowest BCUT2D eigenvalue weighted by molar-refractivity contribution is 0.0456. The van der Waals surface area contributed by atoms with Crippen molar-refractivity contribution in [3.8, 4) is 16.3 Å². The molecule has 0 amide bonds. The third kappa shape index (κ3) is 5.11. The van der Waals surface area contributed by atoms with Crippen LogP contribution in [0.15, 0.2) is 60.0 Å². The van der Waals surface area contributed by atoms with Crippen LogP contribution in [-0.2, 0) is 11.3 Å². The summed E-state index contributed by atoms with van der Waals surface area (Å²) >= 11 is 1.35. The number of hydrogen-bond donors (Lipinski definition) is 2. The molecule has 3 N–H and O–H groups in total. The first-order valence-corrected chi connectivity index (χ1v) is 10.1. The number of ether oxygens (including phenoxy) is 2. The van der Waals surface area contributed by atoms with E-state index in [-0.39, 0.29) is 30.0 Å². The number of aromatic nitrogens is 4. The minimum atomic E-state index is -0.576. The van der Waals surface area contributed by atoms with E-state index < -0.39 is 5.97 Å². The second kappa shape index (κ2) is 9.18. The van der Waals surface area contributed by atoms with Gasteiger partial charge in [0, 0.05) is 16.6 Å². The van der Waals surface area contributed by atoms with Gasteiger partial charge in [0.05, 0.1) is 7.11 Å². The average molecular weight is 434 g/mol. The molecule has 156 valence electrons. The lowest BCUT2D eigenvalue weighted by Gasteiger charge is -2.07. The zero-order chi connectivity index (χ0) is 21.6. The molecule has 0 spiro atoms. The molecule has 4 rings (SSSR count). The molecule has 2 aromatic heterocycles. The first kappa shape index (κ1) is 20.2. The molecule has 0 aliphatic rings. The second-order valence-electron chi connectivity index (χ2n) is 6.27. The number of nitrogen functional groups attached to an aromatic ring is 1. The minimum Gasteiger partial charge on any atom is -0.497 e. The Morgan fingerprint density at radius 2 is 1.81 bits per heavy atom. The van der Waals surface area contributed by atoms with Crippen molar-refractivity contribution >= 4 is 34.9 Å². The van der Waals surface area contributed by atoms with Crippen molar-refractivity contribution in [2.75, 3.05) is 18.2 Å². The molecular formula is C21H18N6O3S. The topological polar surface area (TPSA) is 125 Å². The van der Waals surface area contributed by atoms with Crippen molar-refractivity contribution in [2.24, 2.45) is 0 Å². The molecule has 0 bridgehead atoms. The Balaban J connectivity index is 1.41. The fraction of sp³-hybridized carbons (Fsp3) is 0.0952. The first-order valence-electron chi connectivity index (χ1n) is 9.20. The SMILES string of the molecule is COc1ccc(-c2nc(C(=O)OCc3nc(N)nc(Nc4ccccc4)n3)cs2)cc1. The number of para-hydroxylation sites is 1. The number of nitrogens with one attached hydrogen (secondary N) is 1. The van der Waals surface area contributed by atoms with E-state index in [1.807, 2.05) is 54.6 Å². The van der Waals surface area contributed by atoms with E-state index in [0.29, 0.717) is 5.01 Å². The van der Waals surface area contributed by atoms with Crippen molar-refractivity contribution in [1.29, 1.82) is 0 Å². The highest BCUT2D eigenvalue weighted by atomic mass is 32.1. The molecule has 0 saturated carbocycles. The predicted molar refractivity (Wildman–Crippen MR) is 117 cm³/mol. The number of carbonyl (C=O) groups is 1. The molecule has 0 aliphatic heterocycles. The van der Waals surface area contributed by atoms with Gasteiger partial charge in [0.25, 0.3) is 0 Å². The van der Waals surface area contributed by atoms with Crippen LogP contribution in [-0.4, -0.2) is 33.0 Å². The van der Waals surface area contributed by atoms with Crippen LogP contribution in [0.3, 0.4) is 0 Å². The fourth-order valence-electron chi connectivity index (χ4n) is 2.65. The van der Waals surface area contributed by atoms with Gasteiger partial charge >= 0.3 is 5.97 Å².